The number of fused-ring (bicyclic) bond motifs is 1. The molecule has 5 nitrogen and oxygen atoms in total. The van der Waals surface area contributed by atoms with Crippen molar-refractivity contribution in [2.24, 2.45) is 0 Å². The molecule has 0 amide bonds. The van der Waals surface area contributed by atoms with Crippen LogP contribution in [0.15, 0.2) is 60.9 Å². The molecule has 134 valence electrons. The van der Waals surface area contributed by atoms with Gasteiger partial charge in [0.1, 0.15) is 11.5 Å². The molecule has 0 bridgehead atoms. The Morgan fingerprint density at radius 1 is 1.00 bits per heavy atom. The van der Waals surface area contributed by atoms with Crippen LogP contribution in [0.3, 0.4) is 0 Å². The molecule has 0 atom stereocenters. The van der Waals surface area contributed by atoms with E-state index < -0.39 is 0 Å². The fourth-order valence-electron chi connectivity index (χ4n) is 3.56. The first-order valence-corrected chi connectivity index (χ1v) is 9.42. The highest BCUT2D eigenvalue weighted by molar-refractivity contribution is 5.82. The molecule has 4 aromatic rings. The van der Waals surface area contributed by atoms with Crippen molar-refractivity contribution in [2.75, 3.05) is 5.32 Å². The molecule has 1 fully saturated rings. The monoisotopic (exact) mass is 355 g/mol. The van der Waals surface area contributed by atoms with Crippen molar-refractivity contribution in [1.82, 2.24) is 19.6 Å². The Morgan fingerprint density at radius 2 is 1.93 bits per heavy atom. The predicted octanol–water partition coefficient (Wildman–Crippen LogP) is 4.73. The maximum Gasteiger partial charge on any atom is 0.154 e. The summed E-state index contributed by atoms with van der Waals surface area (Å²) in [5.74, 6) is 0.915. The topological polar surface area (TPSA) is 55.1 Å². The van der Waals surface area contributed by atoms with Gasteiger partial charge in [0, 0.05) is 29.6 Å². The predicted molar refractivity (Wildman–Crippen MR) is 108 cm³/mol. The summed E-state index contributed by atoms with van der Waals surface area (Å²) in [7, 11) is 0. The molecule has 1 N–H and O–H groups in total. The van der Waals surface area contributed by atoms with Gasteiger partial charge in [0.2, 0.25) is 0 Å². The molecule has 0 radical (unpaired) electrons. The molecule has 3 aromatic heterocycles. The minimum atomic E-state index is 0.546. The molecule has 3 heterocycles. The van der Waals surface area contributed by atoms with Gasteiger partial charge in [0.15, 0.2) is 5.65 Å². The third kappa shape index (κ3) is 2.95. The SMILES string of the molecule is Cc1cccc(-c2nc3cccnn3c2-c2ccnc(NC3CCC3)c2)c1. The van der Waals surface area contributed by atoms with Crippen molar-refractivity contribution in [2.45, 2.75) is 32.2 Å². The van der Waals surface area contributed by atoms with E-state index in [9.17, 15) is 0 Å². The summed E-state index contributed by atoms with van der Waals surface area (Å²) in [5, 5.41) is 8.09. The Hall–Kier alpha value is -3.21. The Kier molecular flexibility index (Phi) is 3.85. The normalized spacial score (nSPS) is 14.3. The van der Waals surface area contributed by atoms with Crippen LogP contribution in [-0.4, -0.2) is 25.6 Å². The van der Waals surface area contributed by atoms with Crippen LogP contribution in [0.1, 0.15) is 24.8 Å². The molecule has 1 saturated carbocycles. The van der Waals surface area contributed by atoms with E-state index in [1.807, 2.05) is 28.9 Å². The molecule has 0 unspecified atom stereocenters. The Bertz CT molecular complexity index is 1110. The molecule has 27 heavy (non-hydrogen) atoms. The number of pyridine rings is 1. The van der Waals surface area contributed by atoms with Gasteiger partial charge >= 0.3 is 0 Å². The van der Waals surface area contributed by atoms with Crippen molar-refractivity contribution in [3.8, 4) is 22.5 Å². The van der Waals surface area contributed by atoms with Gasteiger partial charge < -0.3 is 5.32 Å². The summed E-state index contributed by atoms with van der Waals surface area (Å²) >= 11 is 0. The molecule has 0 spiro atoms. The van der Waals surface area contributed by atoms with Crippen LogP contribution in [0.25, 0.3) is 28.2 Å². The number of hydrogen-bond acceptors (Lipinski definition) is 4. The van der Waals surface area contributed by atoms with Crippen LogP contribution < -0.4 is 5.32 Å². The first-order valence-electron chi connectivity index (χ1n) is 9.42. The fourth-order valence-corrected chi connectivity index (χ4v) is 3.56. The smallest absolute Gasteiger partial charge is 0.154 e. The zero-order valence-corrected chi connectivity index (χ0v) is 15.3. The van der Waals surface area contributed by atoms with E-state index in [0.717, 1.165) is 34.0 Å². The van der Waals surface area contributed by atoms with E-state index in [2.05, 4.69) is 52.7 Å². The lowest BCUT2D eigenvalue weighted by Crippen LogP contribution is -2.27. The number of nitrogens with one attached hydrogen (secondary N) is 1. The first kappa shape index (κ1) is 16.0. The summed E-state index contributed by atoms with van der Waals surface area (Å²) in [6.45, 7) is 2.10. The molecular formula is C22H21N5. The van der Waals surface area contributed by atoms with E-state index in [1.165, 1.54) is 24.8 Å². The summed E-state index contributed by atoms with van der Waals surface area (Å²) in [4.78, 5) is 9.38. The van der Waals surface area contributed by atoms with Crippen LogP contribution in [-0.2, 0) is 0 Å². The van der Waals surface area contributed by atoms with Gasteiger partial charge in [-0.05, 0) is 56.5 Å². The molecule has 1 aliphatic rings. The lowest BCUT2D eigenvalue weighted by molar-refractivity contribution is 0.444. The van der Waals surface area contributed by atoms with Gasteiger partial charge in [-0.2, -0.15) is 5.10 Å². The largest absolute Gasteiger partial charge is 0.367 e. The number of anilines is 1. The van der Waals surface area contributed by atoms with Gasteiger partial charge in [0.25, 0.3) is 0 Å². The Labute approximate surface area is 158 Å². The molecule has 5 heteroatoms. The summed E-state index contributed by atoms with van der Waals surface area (Å²) in [5.41, 5.74) is 6.16. The van der Waals surface area contributed by atoms with E-state index in [4.69, 9.17) is 4.98 Å². The zero-order chi connectivity index (χ0) is 18.2. The first-order chi connectivity index (χ1) is 13.3. The maximum absolute atomic E-state index is 4.88. The third-order valence-corrected chi connectivity index (χ3v) is 5.18. The minimum Gasteiger partial charge on any atom is -0.367 e. The number of rotatable bonds is 4. The quantitative estimate of drug-likeness (QED) is 0.575. The summed E-state index contributed by atoms with van der Waals surface area (Å²) < 4.78 is 1.92. The third-order valence-electron chi connectivity index (χ3n) is 5.18. The van der Waals surface area contributed by atoms with Crippen molar-refractivity contribution in [3.63, 3.8) is 0 Å². The van der Waals surface area contributed by atoms with E-state index in [-0.39, 0.29) is 0 Å². The number of benzene rings is 1. The number of aryl methyl sites for hydroxylation is 1. The molecule has 1 aromatic carbocycles. The molecule has 5 rings (SSSR count). The Balaban J connectivity index is 1.67. The van der Waals surface area contributed by atoms with Crippen LogP contribution in [0.2, 0.25) is 0 Å². The number of imidazole rings is 1. The number of hydrogen-bond donors (Lipinski definition) is 1. The molecule has 1 aliphatic carbocycles. The van der Waals surface area contributed by atoms with Crippen LogP contribution in [0.5, 0.6) is 0 Å². The van der Waals surface area contributed by atoms with Gasteiger partial charge in [-0.25, -0.2) is 14.5 Å². The highest BCUT2D eigenvalue weighted by Gasteiger charge is 2.20. The van der Waals surface area contributed by atoms with E-state index in [1.54, 1.807) is 6.20 Å². The summed E-state index contributed by atoms with van der Waals surface area (Å²) in [6, 6.07) is 17.0. The fraction of sp³-hybridized carbons (Fsp3) is 0.227. The standard InChI is InChI=1S/C22H21N5/c1-15-5-2-6-16(13-15)21-22(27-20(26-21)9-4-11-24-27)17-10-12-23-19(14-17)25-18-7-3-8-18/h2,4-6,9-14,18H,3,7-8H2,1H3,(H,23,25). The highest BCUT2D eigenvalue weighted by Crippen LogP contribution is 2.33. The number of aromatic nitrogens is 4. The van der Waals surface area contributed by atoms with Gasteiger partial charge in [-0.1, -0.05) is 23.8 Å². The second kappa shape index (κ2) is 6.50. The van der Waals surface area contributed by atoms with Crippen molar-refractivity contribution < 1.29 is 0 Å². The van der Waals surface area contributed by atoms with Crippen molar-refractivity contribution in [1.29, 1.82) is 0 Å². The lowest BCUT2D eigenvalue weighted by Gasteiger charge is -2.27. The zero-order valence-electron chi connectivity index (χ0n) is 15.3. The van der Waals surface area contributed by atoms with E-state index in [0.29, 0.717) is 6.04 Å². The van der Waals surface area contributed by atoms with Gasteiger partial charge in [0.05, 0.1) is 5.69 Å². The average Bonchev–Trinajstić information content (AvgIpc) is 3.05. The van der Waals surface area contributed by atoms with Crippen LogP contribution >= 0.6 is 0 Å². The summed E-state index contributed by atoms with van der Waals surface area (Å²) in [6.07, 6.45) is 7.40. The average molecular weight is 355 g/mol. The van der Waals surface area contributed by atoms with Crippen LogP contribution in [0, 0.1) is 6.92 Å². The van der Waals surface area contributed by atoms with Gasteiger partial charge in [-0.3, -0.25) is 0 Å². The second-order valence-electron chi connectivity index (χ2n) is 7.17. The highest BCUT2D eigenvalue weighted by atomic mass is 15.3. The lowest BCUT2D eigenvalue weighted by atomic mass is 9.93. The Morgan fingerprint density at radius 3 is 2.74 bits per heavy atom. The van der Waals surface area contributed by atoms with Gasteiger partial charge in [-0.15, -0.1) is 0 Å². The molecule has 0 aliphatic heterocycles. The maximum atomic E-state index is 4.88. The molecular weight excluding hydrogens is 334 g/mol. The molecule has 0 saturated heterocycles. The number of nitrogens with zero attached hydrogens (tertiary/aromatic N) is 4. The van der Waals surface area contributed by atoms with Crippen molar-refractivity contribution in [3.05, 3.63) is 66.5 Å². The second-order valence-corrected chi connectivity index (χ2v) is 7.17. The van der Waals surface area contributed by atoms with Crippen LogP contribution in [0.4, 0.5) is 5.82 Å². The minimum absolute atomic E-state index is 0.546. The van der Waals surface area contributed by atoms with E-state index >= 15 is 0 Å². The van der Waals surface area contributed by atoms with Crippen molar-refractivity contribution >= 4 is 11.5 Å².